The van der Waals surface area contributed by atoms with Crippen LogP contribution < -0.4 is 35.9 Å². The Morgan fingerprint density at radius 3 is 2.62 bits per heavy atom. The molecule has 0 fully saturated rings. The van der Waals surface area contributed by atoms with Crippen LogP contribution in [0.5, 0.6) is 17.2 Å². The number of H-pyrrole nitrogens is 1. The average molecular weight is 433 g/mol. The molecule has 0 aliphatic carbocycles. The van der Waals surface area contributed by atoms with Gasteiger partial charge in [0, 0.05) is 6.07 Å². The van der Waals surface area contributed by atoms with Gasteiger partial charge >= 0.3 is 0 Å². The molecular formula is C24H23N3O5. The lowest BCUT2D eigenvalue weighted by molar-refractivity contribution is 0.208. The summed E-state index contributed by atoms with van der Waals surface area (Å²) in [5, 5.41) is 8.48. The quantitative estimate of drug-likeness (QED) is 0.413. The normalized spacial score (nSPS) is 11.6. The molecule has 2 aromatic heterocycles. The summed E-state index contributed by atoms with van der Waals surface area (Å²) >= 11 is 0. The molecule has 0 saturated heterocycles. The van der Waals surface area contributed by atoms with Gasteiger partial charge in [0.15, 0.2) is 28.0 Å². The fourth-order valence-corrected chi connectivity index (χ4v) is 3.19. The van der Waals surface area contributed by atoms with Crippen molar-refractivity contribution in [2.24, 2.45) is 0 Å². The number of fused-ring (bicyclic) bond motifs is 1. The molecule has 0 amide bonds. The lowest BCUT2D eigenvalue weighted by atomic mass is 10.1. The number of nitrogens with zero attached hydrogens (tertiary/aromatic N) is 1. The van der Waals surface area contributed by atoms with Gasteiger partial charge in [-0.05, 0) is 42.8 Å². The maximum atomic E-state index is 12.5. The largest absolute Gasteiger partial charge is 0.490 e. The van der Waals surface area contributed by atoms with Gasteiger partial charge in [-0.25, -0.2) is 0 Å². The lowest BCUT2D eigenvalue weighted by Crippen LogP contribution is -2.44. The Morgan fingerprint density at radius 1 is 1.06 bits per heavy atom. The van der Waals surface area contributed by atoms with Crippen LogP contribution in [0, 0.1) is 5.41 Å². The van der Waals surface area contributed by atoms with E-state index in [0.717, 1.165) is 5.75 Å². The molecule has 2 N–H and O–H groups in total. The van der Waals surface area contributed by atoms with Crippen LogP contribution in [-0.2, 0) is 0 Å². The summed E-state index contributed by atoms with van der Waals surface area (Å²) in [5.74, 6) is 1.88. The van der Waals surface area contributed by atoms with E-state index in [-0.39, 0.29) is 10.7 Å². The van der Waals surface area contributed by atoms with Crippen molar-refractivity contribution < 1.29 is 18.7 Å². The van der Waals surface area contributed by atoms with Crippen LogP contribution in [0.15, 0.2) is 63.9 Å². The smallest absolute Gasteiger partial charge is 0.260 e. The van der Waals surface area contributed by atoms with Gasteiger partial charge in [-0.3, -0.25) is 10.2 Å². The second-order valence-electron chi connectivity index (χ2n) is 6.89. The summed E-state index contributed by atoms with van der Waals surface area (Å²) in [6, 6.07) is 16.4. The number of para-hydroxylation sites is 1. The monoisotopic (exact) mass is 433 g/mol. The second kappa shape index (κ2) is 9.30. The number of rotatable bonds is 8. The van der Waals surface area contributed by atoms with Crippen LogP contribution in [0.1, 0.15) is 12.5 Å². The summed E-state index contributed by atoms with van der Waals surface area (Å²) in [6.45, 7) is 6.74. The Kier molecular flexibility index (Phi) is 6.12. The predicted octanol–water partition coefficient (Wildman–Crippen LogP) is 1.80. The molecule has 4 rings (SSSR count). The van der Waals surface area contributed by atoms with E-state index >= 15 is 0 Å². The Balaban J connectivity index is 1.58. The van der Waals surface area contributed by atoms with Gasteiger partial charge in [-0.15, -0.1) is 4.57 Å². The van der Waals surface area contributed by atoms with Gasteiger partial charge in [0.2, 0.25) is 0 Å². The molecule has 164 valence electrons. The molecule has 0 bridgehead atoms. The first-order chi connectivity index (χ1) is 15.5. The molecule has 32 heavy (non-hydrogen) atoms. The van der Waals surface area contributed by atoms with Crippen molar-refractivity contribution in [1.29, 1.82) is 5.41 Å². The Labute approximate surface area is 183 Å². The first-order valence-corrected chi connectivity index (χ1v) is 10.1. The first-order valence-electron chi connectivity index (χ1n) is 10.1. The zero-order chi connectivity index (χ0) is 22.5. The van der Waals surface area contributed by atoms with Gasteiger partial charge in [0.25, 0.3) is 5.56 Å². The predicted molar refractivity (Wildman–Crippen MR) is 120 cm³/mol. The van der Waals surface area contributed by atoms with Gasteiger partial charge in [0.1, 0.15) is 19.0 Å². The summed E-state index contributed by atoms with van der Waals surface area (Å²) in [7, 11) is 0. The highest BCUT2D eigenvalue weighted by molar-refractivity contribution is 5.56. The minimum Gasteiger partial charge on any atom is -0.490 e. The SMILES string of the molecule is C=c1cc2[nH]c(=O)c(=Cc3ccc(OCCOc4ccccc4)c(OCC)c3)c(=N)n2o1. The highest BCUT2D eigenvalue weighted by Crippen LogP contribution is 2.28. The van der Waals surface area contributed by atoms with Gasteiger partial charge in [-0.1, -0.05) is 30.8 Å². The lowest BCUT2D eigenvalue weighted by Gasteiger charge is -2.13. The third-order valence-corrected chi connectivity index (χ3v) is 4.60. The molecule has 8 nitrogen and oxygen atoms in total. The minimum absolute atomic E-state index is 0.0741. The Morgan fingerprint density at radius 2 is 1.84 bits per heavy atom. The molecule has 0 atom stereocenters. The Bertz CT molecular complexity index is 1450. The highest BCUT2D eigenvalue weighted by atomic mass is 16.5. The molecule has 0 saturated carbocycles. The molecular weight excluding hydrogens is 410 g/mol. The fraction of sp³-hybridized carbons (Fsp3) is 0.167. The Hall–Kier alpha value is -4.20. The number of hydrogen-bond donors (Lipinski definition) is 2. The average Bonchev–Trinajstić information content (AvgIpc) is 3.16. The van der Waals surface area contributed by atoms with Crippen LogP contribution in [0.25, 0.3) is 18.3 Å². The number of benzene rings is 2. The van der Waals surface area contributed by atoms with Crippen molar-refractivity contribution in [2.45, 2.75) is 6.92 Å². The summed E-state index contributed by atoms with van der Waals surface area (Å²) in [6.07, 6.45) is 1.60. The molecule has 0 radical (unpaired) electrons. The van der Waals surface area contributed by atoms with E-state index in [9.17, 15) is 4.79 Å². The third kappa shape index (κ3) is 4.59. The second-order valence-corrected chi connectivity index (χ2v) is 6.89. The number of ether oxygens (including phenoxy) is 3. The maximum absolute atomic E-state index is 12.5. The molecule has 0 aliphatic rings. The van der Waals surface area contributed by atoms with Gasteiger partial charge in [0.05, 0.1) is 11.8 Å². The van der Waals surface area contributed by atoms with E-state index in [1.807, 2.05) is 37.3 Å². The van der Waals surface area contributed by atoms with Crippen molar-refractivity contribution in [3.63, 3.8) is 0 Å². The summed E-state index contributed by atoms with van der Waals surface area (Å²) in [5.41, 5.74) is 0.935. The highest BCUT2D eigenvalue weighted by Gasteiger charge is 2.08. The van der Waals surface area contributed by atoms with Crippen molar-refractivity contribution in [1.82, 2.24) is 9.56 Å². The number of nitrogens with one attached hydrogen (secondary N) is 2. The van der Waals surface area contributed by atoms with E-state index in [1.165, 1.54) is 4.57 Å². The van der Waals surface area contributed by atoms with Crippen LogP contribution in [0.3, 0.4) is 0 Å². The van der Waals surface area contributed by atoms with Crippen LogP contribution in [0.4, 0.5) is 0 Å². The molecule has 0 unspecified atom stereocenters. The number of hydrogen-bond acceptors (Lipinski definition) is 6. The van der Waals surface area contributed by atoms with E-state index in [0.29, 0.717) is 47.9 Å². The van der Waals surface area contributed by atoms with Crippen molar-refractivity contribution in [3.05, 3.63) is 86.6 Å². The van der Waals surface area contributed by atoms with Crippen molar-refractivity contribution in [2.75, 3.05) is 19.8 Å². The zero-order valence-corrected chi connectivity index (χ0v) is 17.6. The fourth-order valence-electron chi connectivity index (χ4n) is 3.19. The number of aromatic amines is 1. The van der Waals surface area contributed by atoms with Crippen LogP contribution >= 0.6 is 0 Å². The zero-order valence-electron chi connectivity index (χ0n) is 17.6. The number of aromatic nitrogens is 2. The minimum atomic E-state index is -0.396. The molecule has 0 aliphatic heterocycles. The molecule has 2 aromatic carbocycles. The van der Waals surface area contributed by atoms with E-state index in [2.05, 4.69) is 11.6 Å². The van der Waals surface area contributed by atoms with Gasteiger partial charge in [-0.2, -0.15) is 0 Å². The molecule has 4 aromatic rings. The topological polar surface area (TPSA) is 102 Å². The van der Waals surface area contributed by atoms with Crippen molar-refractivity contribution in [3.8, 4) is 17.2 Å². The summed E-state index contributed by atoms with van der Waals surface area (Å²) in [4.78, 5) is 15.2. The van der Waals surface area contributed by atoms with Crippen molar-refractivity contribution >= 4 is 18.3 Å². The van der Waals surface area contributed by atoms with Crippen LogP contribution in [-0.4, -0.2) is 29.4 Å². The summed E-state index contributed by atoms with van der Waals surface area (Å²) < 4.78 is 23.8. The molecule has 2 heterocycles. The molecule has 0 spiro atoms. The standard InChI is InChI=1S/C24H23N3O5/c1-3-29-21-15-17(9-10-20(21)31-12-11-30-18-7-5-4-6-8-18)14-19-23(25)27-22(26-24(19)28)13-16(2)32-27/h4-10,13-15,25H,2-3,11-12H2,1H3,(H,26,28). The molecule has 8 heteroatoms. The van der Waals surface area contributed by atoms with E-state index < -0.39 is 5.56 Å². The van der Waals surface area contributed by atoms with E-state index in [1.54, 1.807) is 30.3 Å². The van der Waals surface area contributed by atoms with Gasteiger partial charge < -0.3 is 23.7 Å². The van der Waals surface area contributed by atoms with Crippen LogP contribution in [0.2, 0.25) is 0 Å². The van der Waals surface area contributed by atoms with E-state index in [4.69, 9.17) is 24.1 Å². The maximum Gasteiger partial charge on any atom is 0.260 e. The first kappa shape index (κ1) is 21.0. The third-order valence-electron chi connectivity index (χ3n) is 4.60.